The Kier molecular flexibility index (Phi) is 5.93. The average Bonchev–Trinajstić information content (AvgIpc) is 2.33. The maximum Gasteiger partial charge on any atom is 0.127 e. The molecule has 0 bridgehead atoms. The first-order chi connectivity index (χ1) is 7.84. The molecular formula is C12H19N3S. The quantitative estimate of drug-likeness (QED) is 0.798. The molecule has 0 atom stereocenters. The van der Waals surface area contributed by atoms with Crippen LogP contribution in [-0.4, -0.2) is 9.97 Å². The van der Waals surface area contributed by atoms with Crippen LogP contribution in [0.4, 0.5) is 5.82 Å². The molecule has 0 aliphatic heterocycles. The molecule has 0 unspecified atom stereocenters. The van der Waals surface area contributed by atoms with Gasteiger partial charge in [0.2, 0.25) is 0 Å². The molecule has 0 radical (unpaired) electrons. The fraction of sp³-hybridized carbons (Fsp3) is 0.500. The molecule has 2 N–H and O–H groups in total. The molecule has 1 heterocycles. The molecule has 4 heteroatoms. The lowest BCUT2D eigenvalue weighted by molar-refractivity contribution is 0.723. The monoisotopic (exact) mass is 237 g/mol. The van der Waals surface area contributed by atoms with Crippen molar-refractivity contribution in [3.8, 4) is 0 Å². The average molecular weight is 237 g/mol. The van der Waals surface area contributed by atoms with Crippen LogP contribution in [0.25, 0.3) is 0 Å². The molecule has 1 aliphatic carbocycles. The smallest absolute Gasteiger partial charge is 0.127 e. The summed E-state index contributed by atoms with van der Waals surface area (Å²) in [5.41, 5.74) is 5.58. The Balaban J connectivity index is 0.000000606. The van der Waals surface area contributed by atoms with E-state index in [1.54, 1.807) is 11.8 Å². The van der Waals surface area contributed by atoms with Gasteiger partial charge in [0, 0.05) is 6.07 Å². The number of nitrogens with zero attached hydrogens (tertiary/aromatic N) is 2. The summed E-state index contributed by atoms with van der Waals surface area (Å²) in [5.74, 6) is 0.541. The van der Waals surface area contributed by atoms with E-state index in [2.05, 4.69) is 16.0 Å². The van der Waals surface area contributed by atoms with Gasteiger partial charge in [-0.2, -0.15) is 0 Å². The van der Waals surface area contributed by atoms with Gasteiger partial charge in [-0.05, 0) is 30.6 Å². The minimum atomic E-state index is 0.541. The van der Waals surface area contributed by atoms with Crippen LogP contribution < -0.4 is 5.73 Å². The van der Waals surface area contributed by atoms with Crippen molar-refractivity contribution in [2.75, 3.05) is 5.73 Å². The zero-order valence-corrected chi connectivity index (χ0v) is 10.8. The van der Waals surface area contributed by atoms with Crippen LogP contribution in [0.1, 0.15) is 39.5 Å². The highest BCUT2D eigenvalue weighted by Gasteiger charge is 2.06. The summed E-state index contributed by atoms with van der Waals surface area (Å²) in [6.07, 6.45) is 8.79. The van der Waals surface area contributed by atoms with E-state index in [4.69, 9.17) is 5.73 Å². The van der Waals surface area contributed by atoms with E-state index in [9.17, 15) is 0 Å². The highest BCUT2D eigenvalue weighted by atomic mass is 32.2. The number of anilines is 1. The molecule has 1 aromatic heterocycles. The van der Waals surface area contributed by atoms with Crippen LogP contribution in [0.2, 0.25) is 0 Å². The fourth-order valence-electron chi connectivity index (χ4n) is 1.44. The van der Waals surface area contributed by atoms with Crippen LogP contribution >= 0.6 is 11.8 Å². The Morgan fingerprint density at radius 3 is 2.69 bits per heavy atom. The van der Waals surface area contributed by atoms with Crippen molar-refractivity contribution >= 4 is 17.6 Å². The zero-order valence-electron chi connectivity index (χ0n) is 9.94. The first-order valence-electron chi connectivity index (χ1n) is 5.79. The van der Waals surface area contributed by atoms with Crippen LogP contribution in [-0.2, 0) is 0 Å². The highest BCUT2D eigenvalue weighted by Crippen LogP contribution is 2.32. The summed E-state index contributed by atoms with van der Waals surface area (Å²) in [6.45, 7) is 4.00. The Morgan fingerprint density at radius 1 is 1.25 bits per heavy atom. The second-order valence-corrected chi connectivity index (χ2v) is 4.45. The topological polar surface area (TPSA) is 51.8 Å². The lowest BCUT2D eigenvalue weighted by Gasteiger charge is -2.11. The van der Waals surface area contributed by atoms with E-state index in [1.807, 2.05) is 19.9 Å². The molecule has 0 fully saturated rings. The van der Waals surface area contributed by atoms with Crippen LogP contribution in [0.3, 0.4) is 0 Å². The number of allylic oxidation sites excluding steroid dienone is 2. The summed E-state index contributed by atoms with van der Waals surface area (Å²) in [4.78, 5) is 9.44. The molecular weight excluding hydrogens is 218 g/mol. The van der Waals surface area contributed by atoms with E-state index in [0.717, 1.165) is 5.03 Å². The van der Waals surface area contributed by atoms with Crippen LogP contribution in [0.5, 0.6) is 0 Å². The van der Waals surface area contributed by atoms with Gasteiger partial charge in [-0.25, -0.2) is 9.97 Å². The van der Waals surface area contributed by atoms with Gasteiger partial charge in [0.25, 0.3) is 0 Å². The van der Waals surface area contributed by atoms with Crippen molar-refractivity contribution in [2.45, 2.75) is 44.6 Å². The molecule has 0 spiro atoms. The summed E-state index contributed by atoms with van der Waals surface area (Å²) in [7, 11) is 0. The predicted octanol–water partition coefficient (Wildman–Crippen LogP) is 3.64. The lowest BCUT2D eigenvalue weighted by atomic mass is 10.1. The Labute approximate surface area is 102 Å². The predicted molar refractivity (Wildman–Crippen MR) is 70.2 cm³/mol. The molecule has 16 heavy (non-hydrogen) atoms. The number of hydrogen-bond donors (Lipinski definition) is 1. The molecule has 2 rings (SSSR count). The first kappa shape index (κ1) is 13.0. The van der Waals surface area contributed by atoms with Gasteiger partial charge >= 0.3 is 0 Å². The zero-order chi connectivity index (χ0) is 11.8. The second kappa shape index (κ2) is 7.28. The molecule has 1 aromatic rings. The van der Waals surface area contributed by atoms with Crippen LogP contribution in [0.15, 0.2) is 28.4 Å². The van der Waals surface area contributed by atoms with Crippen molar-refractivity contribution in [3.05, 3.63) is 23.4 Å². The largest absolute Gasteiger partial charge is 0.384 e. The van der Waals surface area contributed by atoms with Gasteiger partial charge in [0.05, 0.1) is 0 Å². The number of aromatic nitrogens is 2. The molecule has 0 aromatic carbocycles. The molecule has 0 amide bonds. The molecule has 1 aliphatic rings. The summed E-state index contributed by atoms with van der Waals surface area (Å²) < 4.78 is 0. The Morgan fingerprint density at radius 2 is 2.06 bits per heavy atom. The third-order valence-electron chi connectivity index (χ3n) is 2.15. The van der Waals surface area contributed by atoms with Crippen LogP contribution in [0, 0.1) is 0 Å². The number of thioether (sulfide) groups is 1. The van der Waals surface area contributed by atoms with Gasteiger partial charge in [0.1, 0.15) is 17.2 Å². The van der Waals surface area contributed by atoms with Crippen molar-refractivity contribution in [2.24, 2.45) is 0 Å². The van der Waals surface area contributed by atoms with Gasteiger partial charge < -0.3 is 5.73 Å². The maximum atomic E-state index is 5.58. The first-order valence-corrected chi connectivity index (χ1v) is 6.60. The standard InChI is InChI=1S/C10H13N3S.C2H6/c11-9-6-10(13-7-12-9)14-8-4-2-1-3-5-8;1-2/h4,6-7H,1-3,5H2,(H2,11,12,13);1-2H3. The van der Waals surface area contributed by atoms with Gasteiger partial charge in [-0.3, -0.25) is 0 Å². The molecule has 0 saturated heterocycles. The van der Waals surface area contributed by atoms with Crippen molar-refractivity contribution < 1.29 is 0 Å². The third kappa shape index (κ3) is 4.23. The van der Waals surface area contributed by atoms with Gasteiger partial charge in [-0.1, -0.05) is 31.7 Å². The van der Waals surface area contributed by atoms with Crippen molar-refractivity contribution in [1.29, 1.82) is 0 Å². The maximum absolute atomic E-state index is 5.58. The second-order valence-electron chi connectivity index (χ2n) is 3.30. The van der Waals surface area contributed by atoms with Crippen molar-refractivity contribution in [3.63, 3.8) is 0 Å². The highest BCUT2D eigenvalue weighted by molar-refractivity contribution is 8.03. The lowest BCUT2D eigenvalue weighted by Crippen LogP contribution is -1.93. The molecule has 3 nitrogen and oxygen atoms in total. The normalized spacial score (nSPS) is 14.8. The Hall–Kier alpha value is -1.03. The molecule has 0 saturated carbocycles. The SMILES string of the molecule is CC.Nc1cc(SC2=CCCCC2)ncn1. The number of hydrogen-bond acceptors (Lipinski definition) is 4. The summed E-state index contributed by atoms with van der Waals surface area (Å²) >= 11 is 1.71. The molecule has 88 valence electrons. The summed E-state index contributed by atoms with van der Waals surface area (Å²) in [5, 5.41) is 0.950. The van der Waals surface area contributed by atoms with Gasteiger partial charge in [-0.15, -0.1) is 0 Å². The van der Waals surface area contributed by atoms with E-state index in [1.165, 1.54) is 36.9 Å². The minimum absolute atomic E-state index is 0.541. The number of nitrogen functional groups attached to an aromatic ring is 1. The van der Waals surface area contributed by atoms with E-state index < -0.39 is 0 Å². The van der Waals surface area contributed by atoms with E-state index in [-0.39, 0.29) is 0 Å². The number of rotatable bonds is 2. The van der Waals surface area contributed by atoms with Gasteiger partial charge in [0.15, 0.2) is 0 Å². The van der Waals surface area contributed by atoms with E-state index in [0.29, 0.717) is 5.82 Å². The minimum Gasteiger partial charge on any atom is -0.384 e. The Bertz CT molecular complexity index is 350. The fourth-order valence-corrected chi connectivity index (χ4v) is 2.44. The summed E-state index contributed by atoms with van der Waals surface area (Å²) in [6, 6.07) is 1.82. The van der Waals surface area contributed by atoms with E-state index >= 15 is 0 Å². The third-order valence-corrected chi connectivity index (χ3v) is 3.21. The number of nitrogens with two attached hydrogens (primary N) is 1. The van der Waals surface area contributed by atoms with Crippen molar-refractivity contribution in [1.82, 2.24) is 9.97 Å².